The van der Waals surface area contributed by atoms with E-state index < -0.39 is 5.97 Å². The Morgan fingerprint density at radius 3 is 2.82 bits per heavy atom. The van der Waals surface area contributed by atoms with Crippen molar-refractivity contribution in [1.29, 1.82) is 0 Å². The van der Waals surface area contributed by atoms with E-state index >= 15 is 0 Å². The molecular weight excluding hydrogens is 224 g/mol. The lowest BCUT2D eigenvalue weighted by atomic mass is 10.2. The van der Waals surface area contributed by atoms with Crippen LogP contribution in [0.25, 0.3) is 0 Å². The van der Waals surface area contributed by atoms with Gasteiger partial charge in [-0.05, 0) is 26.2 Å². The lowest BCUT2D eigenvalue weighted by Gasteiger charge is -2.20. The maximum Gasteiger partial charge on any atom is 0.315 e. The molecule has 1 fully saturated rings. The molecule has 98 valence electrons. The predicted molar refractivity (Wildman–Crippen MR) is 61.8 cm³/mol. The van der Waals surface area contributed by atoms with Crippen LogP contribution in [-0.2, 0) is 9.53 Å². The molecule has 0 heterocycles. The van der Waals surface area contributed by atoms with Gasteiger partial charge in [0.05, 0.1) is 18.6 Å². The summed E-state index contributed by atoms with van der Waals surface area (Å²) in [6, 6.07) is -0.275. The van der Waals surface area contributed by atoms with Crippen molar-refractivity contribution in [2.24, 2.45) is 0 Å². The van der Waals surface area contributed by atoms with E-state index in [9.17, 15) is 9.59 Å². The third-order valence-corrected chi connectivity index (χ3v) is 2.77. The van der Waals surface area contributed by atoms with Crippen LogP contribution in [0.1, 0.15) is 32.6 Å². The van der Waals surface area contributed by atoms with E-state index in [0.717, 1.165) is 19.3 Å². The summed E-state index contributed by atoms with van der Waals surface area (Å²) in [6.07, 6.45) is 2.95. The Morgan fingerprint density at radius 1 is 1.41 bits per heavy atom. The molecule has 0 aromatic heterocycles. The highest BCUT2D eigenvalue weighted by atomic mass is 16.5. The molecule has 0 radical (unpaired) electrons. The van der Waals surface area contributed by atoms with Crippen LogP contribution >= 0.6 is 0 Å². The number of rotatable bonds is 6. The first-order valence-corrected chi connectivity index (χ1v) is 6.01. The number of hydrogen-bond donors (Lipinski definition) is 3. The Kier molecular flexibility index (Phi) is 5.76. The van der Waals surface area contributed by atoms with Gasteiger partial charge in [0.15, 0.2) is 0 Å². The highest BCUT2D eigenvalue weighted by Crippen LogP contribution is 2.21. The molecule has 1 saturated carbocycles. The van der Waals surface area contributed by atoms with E-state index in [4.69, 9.17) is 9.84 Å². The SMILES string of the molecule is CCO[C@@H]1CCC[C@H]1NC(=O)NCCC(=O)O. The summed E-state index contributed by atoms with van der Waals surface area (Å²) >= 11 is 0. The third-order valence-electron chi connectivity index (χ3n) is 2.77. The van der Waals surface area contributed by atoms with Gasteiger partial charge in [0.2, 0.25) is 0 Å². The fourth-order valence-corrected chi connectivity index (χ4v) is 2.01. The van der Waals surface area contributed by atoms with Crippen molar-refractivity contribution in [2.45, 2.75) is 44.8 Å². The van der Waals surface area contributed by atoms with E-state index in [2.05, 4.69) is 10.6 Å². The molecule has 6 nitrogen and oxygen atoms in total. The Labute approximate surface area is 101 Å². The summed E-state index contributed by atoms with van der Waals surface area (Å²) in [5, 5.41) is 13.8. The molecular formula is C11H20N2O4. The second-order valence-electron chi connectivity index (χ2n) is 4.08. The van der Waals surface area contributed by atoms with Gasteiger partial charge in [0.1, 0.15) is 0 Å². The van der Waals surface area contributed by atoms with Gasteiger partial charge in [-0.15, -0.1) is 0 Å². The van der Waals surface area contributed by atoms with E-state index in [0.29, 0.717) is 6.61 Å². The van der Waals surface area contributed by atoms with Crippen molar-refractivity contribution in [1.82, 2.24) is 10.6 Å². The lowest BCUT2D eigenvalue weighted by molar-refractivity contribution is -0.136. The molecule has 0 saturated heterocycles. The van der Waals surface area contributed by atoms with Crippen LogP contribution in [0.15, 0.2) is 0 Å². The molecule has 0 spiro atoms. The summed E-state index contributed by atoms with van der Waals surface area (Å²) in [5.74, 6) is -0.918. The number of carboxylic acids is 1. The van der Waals surface area contributed by atoms with Crippen molar-refractivity contribution in [3.63, 3.8) is 0 Å². The first-order valence-electron chi connectivity index (χ1n) is 6.01. The lowest BCUT2D eigenvalue weighted by Crippen LogP contribution is -2.46. The highest BCUT2D eigenvalue weighted by Gasteiger charge is 2.28. The van der Waals surface area contributed by atoms with Crippen LogP contribution in [0.2, 0.25) is 0 Å². The van der Waals surface area contributed by atoms with Gasteiger partial charge in [-0.3, -0.25) is 4.79 Å². The molecule has 1 rings (SSSR count). The molecule has 1 aliphatic carbocycles. The molecule has 17 heavy (non-hydrogen) atoms. The van der Waals surface area contributed by atoms with Gasteiger partial charge >= 0.3 is 12.0 Å². The number of carbonyl (C=O) groups is 2. The second kappa shape index (κ2) is 7.11. The van der Waals surface area contributed by atoms with Gasteiger partial charge in [-0.2, -0.15) is 0 Å². The van der Waals surface area contributed by atoms with Crippen LogP contribution in [0.3, 0.4) is 0 Å². The van der Waals surface area contributed by atoms with Crippen molar-refractivity contribution in [2.75, 3.05) is 13.2 Å². The molecule has 3 N–H and O–H groups in total. The number of carboxylic acid groups (broad SMARTS) is 1. The number of aliphatic carboxylic acids is 1. The molecule has 0 aromatic carbocycles. The summed E-state index contributed by atoms with van der Waals surface area (Å²) in [4.78, 5) is 21.7. The van der Waals surface area contributed by atoms with Gasteiger partial charge in [-0.25, -0.2) is 4.79 Å². The van der Waals surface area contributed by atoms with Crippen LogP contribution < -0.4 is 10.6 Å². The Morgan fingerprint density at radius 2 is 2.18 bits per heavy atom. The third kappa shape index (κ3) is 5.04. The smallest absolute Gasteiger partial charge is 0.315 e. The zero-order valence-electron chi connectivity index (χ0n) is 10.1. The number of ether oxygens (including phenoxy) is 1. The molecule has 0 bridgehead atoms. The van der Waals surface area contributed by atoms with Gasteiger partial charge < -0.3 is 20.5 Å². The topological polar surface area (TPSA) is 87.7 Å². The Hall–Kier alpha value is -1.30. The average molecular weight is 244 g/mol. The van der Waals surface area contributed by atoms with E-state index in [1.54, 1.807) is 0 Å². The van der Waals surface area contributed by atoms with Crippen molar-refractivity contribution in [3.05, 3.63) is 0 Å². The molecule has 0 unspecified atom stereocenters. The minimum absolute atomic E-state index is 0.0415. The first kappa shape index (κ1) is 13.8. The van der Waals surface area contributed by atoms with E-state index in [-0.39, 0.29) is 31.1 Å². The van der Waals surface area contributed by atoms with E-state index in [1.165, 1.54) is 0 Å². The number of amides is 2. The molecule has 6 heteroatoms. The van der Waals surface area contributed by atoms with Gasteiger partial charge in [-0.1, -0.05) is 0 Å². The summed E-state index contributed by atoms with van der Waals surface area (Å²) in [7, 11) is 0. The fraction of sp³-hybridized carbons (Fsp3) is 0.818. The van der Waals surface area contributed by atoms with Gasteiger partial charge in [0.25, 0.3) is 0 Å². The quantitative estimate of drug-likeness (QED) is 0.642. The average Bonchev–Trinajstić information content (AvgIpc) is 2.66. The van der Waals surface area contributed by atoms with Gasteiger partial charge in [0, 0.05) is 13.2 Å². The molecule has 0 aliphatic heterocycles. The molecule has 0 aromatic rings. The normalized spacial score (nSPS) is 23.4. The first-order chi connectivity index (χ1) is 8.13. The Bertz CT molecular complexity index is 270. The standard InChI is InChI=1S/C11H20N2O4/c1-2-17-9-5-3-4-8(9)13-11(16)12-7-6-10(14)15/h8-9H,2-7H2,1H3,(H,14,15)(H2,12,13,16)/t8-,9-/m1/s1. The minimum Gasteiger partial charge on any atom is -0.481 e. The summed E-state index contributed by atoms with van der Waals surface area (Å²) in [5.41, 5.74) is 0. The second-order valence-corrected chi connectivity index (χ2v) is 4.08. The van der Waals surface area contributed by atoms with Crippen LogP contribution in [-0.4, -0.2) is 42.4 Å². The largest absolute Gasteiger partial charge is 0.481 e. The van der Waals surface area contributed by atoms with E-state index in [1.807, 2.05) is 6.92 Å². The van der Waals surface area contributed by atoms with Crippen LogP contribution in [0.5, 0.6) is 0 Å². The number of hydrogen-bond acceptors (Lipinski definition) is 3. The monoisotopic (exact) mass is 244 g/mol. The summed E-state index contributed by atoms with van der Waals surface area (Å²) < 4.78 is 5.52. The number of urea groups is 1. The molecule has 1 aliphatic rings. The number of carbonyl (C=O) groups excluding carboxylic acids is 1. The maximum atomic E-state index is 11.5. The van der Waals surface area contributed by atoms with Crippen molar-refractivity contribution in [3.8, 4) is 0 Å². The van der Waals surface area contributed by atoms with Crippen LogP contribution in [0, 0.1) is 0 Å². The maximum absolute atomic E-state index is 11.5. The zero-order chi connectivity index (χ0) is 12.7. The zero-order valence-corrected chi connectivity index (χ0v) is 10.1. The molecule has 2 atom stereocenters. The molecule has 2 amide bonds. The van der Waals surface area contributed by atoms with Crippen LogP contribution in [0.4, 0.5) is 4.79 Å². The highest BCUT2D eigenvalue weighted by molar-refractivity contribution is 5.75. The number of nitrogens with one attached hydrogen (secondary N) is 2. The summed E-state index contributed by atoms with van der Waals surface area (Å²) in [6.45, 7) is 2.72. The minimum atomic E-state index is -0.918. The fourth-order valence-electron chi connectivity index (χ4n) is 2.01. The van der Waals surface area contributed by atoms with Crippen molar-refractivity contribution >= 4 is 12.0 Å². The Balaban J connectivity index is 2.22. The van der Waals surface area contributed by atoms with Crippen molar-refractivity contribution < 1.29 is 19.4 Å². The predicted octanol–water partition coefficient (Wildman–Crippen LogP) is 0.718.